The molecule has 0 bridgehead atoms. The molecule has 1 heterocycles. The van der Waals surface area contributed by atoms with Gasteiger partial charge in [0.15, 0.2) is 0 Å². The molecule has 19 heavy (non-hydrogen) atoms. The number of hydrogen-bond donors (Lipinski definition) is 1. The van der Waals surface area contributed by atoms with Gasteiger partial charge in [-0.25, -0.2) is 0 Å². The maximum atomic E-state index is 11.9. The molecule has 1 aromatic heterocycles. The highest BCUT2D eigenvalue weighted by molar-refractivity contribution is 5.80. The Morgan fingerprint density at radius 2 is 2.11 bits per heavy atom. The molecule has 2 saturated carbocycles. The summed E-state index contributed by atoms with van der Waals surface area (Å²) in [4.78, 5) is 11.9. The highest BCUT2D eigenvalue weighted by atomic mass is 16.1. The quantitative estimate of drug-likeness (QED) is 0.819. The van der Waals surface area contributed by atoms with E-state index in [-0.39, 0.29) is 0 Å². The van der Waals surface area contributed by atoms with E-state index in [9.17, 15) is 4.79 Å². The number of carbonyl (C=O) groups excluding carboxylic acids is 1. The third-order valence-electron chi connectivity index (χ3n) is 4.15. The van der Waals surface area contributed by atoms with Crippen LogP contribution in [-0.4, -0.2) is 28.2 Å². The second kappa shape index (κ2) is 5.87. The highest BCUT2D eigenvalue weighted by Crippen LogP contribution is 2.28. The molecule has 4 nitrogen and oxygen atoms in total. The van der Waals surface area contributed by atoms with Crippen molar-refractivity contribution in [2.24, 2.45) is 0 Å². The van der Waals surface area contributed by atoms with E-state index in [0.29, 0.717) is 30.7 Å². The van der Waals surface area contributed by atoms with Crippen molar-refractivity contribution in [3.63, 3.8) is 0 Å². The van der Waals surface area contributed by atoms with Crippen LogP contribution in [0, 0.1) is 0 Å². The van der Waals surface area contributed by atoms with Crippen LogP contribution in [0.3, 0.4) is 0 Å². The lowest BCUT2D eigenvalue weighted by Gasteiger charge is -2.08. The predicted octanol–water partition coefficient (Wildman–Crippen LogP) is 2.25. The zero-order chi connectivity index (χ0) is 13.1. The van der Waals surface area contributed by atoms with Gasteiger partial charge >= 0.3 is 0 Å². The molecule has 1 aromatic rings. The Labute approximate surface area is 114 Å². The first-order valence-electron chi connectivity index (χ1n) is 7.60. The van der Waals surface area contributed by atoms with E-state index in [2.05, 4.69) is 15.1 Å². The van der Waals surface area contributed by atoms with E-state index in [1.807, 2.05) is 12.3 Å². The van der Waals surface area contributed by atoms with Crippen LogP contribution in [0.5, 0.6) is 0 Å². The van der Waals surface area contributed by atoms with Gasteiger partial charge in [-0.05, 0) is 31.7 Å². The van der Waals surface area contributed by atoms with E-state index in [1.165, 1.54) is 38.5 Å². The van der Waals surface area contributed by atoms with Gasteiger partial charge in [0, 0.05) is 25.2 Å². The van der Waals surface area contributed by atoms with E-state index < -0.39 is 0 Å². The zero-order valence-electron chi connectivity index (χ0n) is 11.5. The second-order valence-electron chi connectivity index (χ2n) is 5.92. The molecule has 2 aliphatic rings. The highest BCUT2D eigenvalue weighted by Gasteiger charge is 2.20. The fourth-order valence-corrected chi connectivity index (χ4v) is 2.84. The molecule has 0 spiro atoms. The first kappa shape index (κ1) is 12.9. The summed E-state index contributed by atoms with van der Waals surface area (Å²) in [6, 6.07) is 3.26. The first-order chi connectivity index (χ1) is 9.31. The fraction of sp³-hybridized carbons (Fsp3) is 0.733. The van der Waals surface area contributed by atoms with Crippen molar-refractivity contribution in [1.82, 2.24) is 15.1 Å². The third-order valence-corrected chi connectivity index (χ3v) is 4.15. The molecule has 104 valence electrons. The molecule has 0 atom stereocenters. The van der Waals surface area contributed by atoms with Crippen molar-refractivity contribution in [2.75, 3.05) is 6.54 Å². The van der Waals surface area contributed by atoms with Crippen molar-refractivity contribution in [2.45, 2.75) is 63.5 Å². The van der Waals surface area contributed by atoms with Gasteiger partial charge in [0.25, 0.3) is 0 Å². The smallest absolute Gasteiger partial charge is 0.140 e. The summed E-state index contributed by atoms with van der Waals surface area (Å²) >= 11 is 0. The molecule has 0 aliphatic heterocycles. The Hall–Kier alpha value is -1.16. The lowest BCUT2D eigenvalue weighted by atomic mass is 10.2. The van der Waals surface area contributed by atoms with Crippen LogP contribution in [-0.2, 0) is 11.2 Å². The number of nitrogens with zero attached hydrogens (tertiary/aromatic N) is 2. The molecule has 4 heteroatoms. The van der Waals surface area contributed by atoms with Crippen LogP contribution >= 0.6 is 0 Å². The molecule has 0 saturated heterocycles. The molecule has 1 N–H and O–H groups in total. The maximum Gasteiger partial charge on any atom is 0.140 e. The lowest BCUT2D eigenvalue weighted by molar-refractivity contribution is -0.118. The number of aromatic nitrogens is 2. The van der Waals surface area contributed by atoms with E-state index in [0.717, 1.165) is 12.2 Å². The number of rotatable bonds is 7. The number of carbonyl (C=O) groups is 1. The normalized spacial score (nSPS) is 20.0. The van der Waals surface area contributed by atoms with Crippen molar-refractivity contribution >= 4 is 5.78 Å². The SMILES string of the molecule is O=C(CCNC1CC1)Cc1ccn(C2CCCC2)n1. The van der Waals surface area contributed by atoms with Crippen molar-refractivity contribution in [1.29, 1.82) is 0 Å². The lowest BCUT2D eigenvalue weighted by Crippen LogP contribution is -2.21. The standard InChI is InChI=1S/C15H23N3O/c19-15(7-9-16-12-5-6-12)11-13-8-10-18(17-13)14-3-1-2-4-14/h8,10,12,14,16H,1-7,9,11H2. The van der Waals surface area contributed by atoms with Crippen LogP contribution in [0.2, 0.25) is 0 Å². The fourth-order valence-electron chi connectivity index (χ4n) is 2.84. The Morgan fingerprint density at radius 1 is 1.32 bits per heavy atom. The average Bonchev–Trinajstić information content (AvgIpc) is 2.91. The molecule has 2 aliphatic carbocycles. The van der Waals surface area contributed by atoms with Crippen molar-refractivity contribution in [3.8, 4) is 0 Å². The van der Waals surface area contributed by atoms with Crippen LogP contribution in [0.1, 0.15) is 56.7 Å². The minimum atomic E-state index is 0.296. The Morgan fingerprint density at radius 3 is 2.84 bits per heavy atom. The van der Waals surface area contributed by atoms with Gasteiger partial charge in [-0.15, -0.1) is 0 Å². The van der Waals surface area contributed by atoms with Crippen LogP contribution in [0.4, 0.5) is 0 Å². The Kier molecular flexibility index (Phi) is 3.97. The van der Waals surface area contributed by atoms with Crippen LogP contribution in [0.25, 0.3) is 0 Å². The molecular weight excluding hydrogens is 238 g/mol. The number of ketones is 1. The molecule has 0 aromatic carbocycles. The van der Waals surface area contributed by atoms with Crippen molar-refractivity contribution in [3.05, 3.63) is 18.0 Å². The maximum absolute atomic E-state index is 11.9. The summed E-state index contributed by atoms with van der Waals surface area (Å²) in [5.74, 6) is 0.296. The molecule has 0 unspecified atom stereocenters. The number of Topliss-reactive ketones (excluding diaryl/α,β-unsaturated/α-hetero) is 1. The molecule has 0 radical (unpaired) electrons. The van der Waals surface area contributed by atoms with Gasteiger partial charge in [-0.2, -0.15) is 5.10 Å². The van der Waals surface area contributed by atoms with Gasteiger partial charge in [0.05, 0.1) is 18.2 Å². The van der Waals surface area contributed by atoms with Gasteiger partial charge < -0.3 is 5.32 Å². The minimum absolute atomic E-state index is 0.296. The van der Waals surface area contributed by atoms with Gasteiger partial charge in [0.1, 0.15) is 5.78 Å². The monoisotopic (exact) mass is 261 g/mol. The van der Waals surface area contributed by atoms with Gasteiger partial charge in [-0.3, -0.25) is 9.48 Å². The summed E-state index contributed by atoms with van der Waals surface area (Å²) in [5, 5.41) is 7.94. The van der Waals surface area contributed by atoms with E-state index in [4.69, 9.17) is 0 Å². The first-order valence-corrected chi connectivity index (χ1v) is 7.60. The molecule has 2 fully saturated rings. The summed E-state index contributed by atoms with van der Waals surface area (Å²) in [7, 11) is 0. The summed E-state index contributed by atoms with van der Waals surface area (Å²) < 4.78 is 2.07. The Bertz CT molecular complexity index is 430. The number of nitrogens with one attached hydrogen (secondary N) is 1. The van der Waals surface area contributed by atoms with Crippen molar-refractivity contribution < 1.29 is 4.79 Å². The topological polar surface area (TPSA) is 46.9 Å². The average molecular weight is 261 g/mol. The Balaban J connectivity index is 1.44. The van der Waals surface area contributed by atoms with Crippen LogP contribution in [0.15, 0.2) is 12.3 Å². The predicted molar refractivity (Wildman–Crippen MR) is 74.1 cm³/mol. The van der Waals surface area contributed by atoms with Crippen LogP contribution < -0.4 is 5.32 Å². The number of hydrogen-bond acceptors (Lipinski definition) is 3. The van der Waals surface area contributed by atoms with Gasteiger partial charge in [0.2, 0.25) is 0 Å². The molecule has 0 amide bonds. The summed E-state index contributed by atoms with van der Waals surface area (Å²) in [6.45, 7) is 0.826. The zero-order valence-corrected chi connectivity index (χ0v) is 11.5. The summed E-state index contributed by atoms with van der Waals surface area (Å²) in [5.41, 5.74) is 0.934. The second-order valence-corrected chi connectivity index (χ2v) is 5.92. The minimum Gasteiger partial charge on any atom is -0.314 e. The van der Waals surface area contributed by atoms with E-state index in [1.54, 1.807) is 0 Å². The van der Waals surface area contributed by atoms with E-state index >= 15 is 0 Å². The summed E-state index contributed by atoms with van der Waals surface area (Å²) in [6.07, 6.45) is 10.8. The molecular formula is C15H23N3O. The van der Waals surface area contributed by atoms with Gasteiger partial charge in [-0.1, -0.05) is 12.8 Å². The molecule has 3 rings (SSSR count). The third kappa shape index (κ3) is 3.66. The largest absolute Gasteiger partial charge is 0.314 e.